The summed E-state index contributed by atoms with van der Waals surface area (Å²) in [7, 11) is 0. The van der Waals surface area contributed by atoms with E-state index in [2.05, 4.69) is 25.6 Å². The van der Waals surface area contributed by atoms with Crippen molar-refractivity contribution < 1.29 is 9.90 Å². The van der Waals surface area contributed by atoms with Crippen LogP contribution in [0.5, 0.6) is 0 Å². The maximum Gasteiger partial charge on any atom is 0.239 e. The molecule has 0 spiro atoms. The number of H-pyrrole nitrogens is 1. The van der Waals surface area contributed by atoms with Crippen LogP contribution >= 0.6 is 0 Å². The van der Waals surface area contributed by atoms with E-state index in [1.165, 1.54) is 0 Å². The topological polar surface area (TPSA) is 110 Å². The van der Waals surface area contributed by atoms with Crippen LogP contribution in [0.3, 0.4) is 0 Å². The number of aliphatic hydroxyl groups is 1. The van der Waals surface area contributed by atoms with E-state index in [0.717, 1.165) is 17.2 Å². The average Bonchev–Trinajstić information content (AvgIpc) is 3.25. The monoisotopic (exact) mass is 324 g/mol. The van der Waals surface area contributed by atoms with Gasteiger partial charge >= 0.3 is 0 Å². The van der Waals surface area contributed by atoms with Gasteiger partial charge in [-0.2, -0.15) is 5.21 Å². The van der Waals surface area contributed by atoms with Gasteiger partial charge in [-0.3, -0.25) is 9.78 Å². The molecule has 3 rings (SSSR count). The summed E-state index contributed by atoms with van der Waals surface area (Å²) >= 11 is 0. The Balaban J connectivity index is 1.85. The van der Waals surface area contributed by atoms with Crippen molar-refractivity contribution in [1.29, 1.82) is 0 Å². The van der Waals surface area contributed by atoms with Crippen molar-refractivity contribution in [2.24, 2.45) is 0 Å². The van der Waals surface area contributed by atoms with E-state index in [4.69, 9.17) is 0 Å². The molecule has 3 heterocycles. The lowest BCUT2D eigenvalue weighted by molar-refractivity contribution is 0.104. The Kier molecular flexibility index (Phi) is 4.46. The smallest absolute Gasteiger partial charge is 0.239 e. The van der Waals surface area contributed by atoms with Gasteiger partial charge in [0.1, 0.15) is 0 Å². The number of pyridine rings is 1. The first-order valence-corrected chi connectivity index (χ1v) is 7.43. The number of ketones is 1. The molecule has 0 aliphatic heterocycles. The van der Waals surface area contributed by atoms with Crippen LogP contribution in [-0.4, -0.2) is 41.1 Å². The van der Waals surface area contributed by atoms with E-state index in [1.807, 2.05) is 29.8 Å². The molecule has 0 aromatic carbocycles. The molecule has 0 atom stereocenters. The zero-order valence-corrected chi connectivity index (χ0v) is 13.0. The number of aryl methyl sites for hydroxylation is 1. The summed E-state index contributed by atoms with van der Waals surface area (Å²) in [5, 5.41) is 22.7. The average molecular weight is 324 g/mol. The number of nitrogens with one attached hydrogen (secondary N) is 1. The van der Waals surface area contributed by atoms with Crippen LogP contribution in [0, 0.1) is 0 Å². The fourth-order valence-corrected chi connectivity index (χ4v) is 2.39. The highest BCUT2D eigenvalue weighted by molar-refractivity contribution is 6.08. The largest absolute Gasteiger partial charge is 0.504 e. The van der Waals surface area contributed by atoms with Gasteiger partial charge < -0.3 is 9.67 Å². The number of aromatic amines is 1. The third-order valence-corrected chi connectivity index (χ3v) is 3.57. The van der Waals surface area contributed by atoms with Crippen LogP contribution in [0.1, 0.15) is 34.2 Å². The maximum atomic E-state index is 12.4. The minimum absolute atomic E-state index is 0.0161. The van der Waals surface area contributed by atoms with Crippen LogP contribution in [0.2, 0.25) is 0 Å². The summed E-state index contributed by atoms with van der Waals surface area (Å²) in [5.74, 6) is -0.641. The van der Waals surface area contributed by atoms with Crippen molar-refractivity contribution in [2.45, 2.75) is 19.9 Å². The first-order valence-electron chi connectivity index (χ1n) is 7.43. The molecule has 0 fully saturated rings. The highest BCUT2D eigenvalue weighted by atomic mass is 16.3. The summed E-state index contributed by atoms with van der Waals surface area (Å²) in [6.07, 6.45) is 9.00. The van der Waals surface area contributed by atoms with E-state index in [9.17, 15) is 9.90 Å². The Morgan fingerprint density at radius 1 is 1.33 bits per heavy atom. The second-order valence-electron chi connectivity index (χ2n) is 5.21. The van der Waals surface area contributed by atoms with E-state index >= 15 is 0 Å². The third-order valence-electron chi connectivity index (χ3n) is 3.57. The van der Waals surface area contributed by atoms with Crippen molar-refractivity contribution in [3.8, 4) is 0 Å². The lowest BCUT2D eigenvalue weighted by atomic mass is 10.1. The molecule has 2 N–H and O–H groups in total. The molecule has 3 aromatic rings. The van der Waals surface area contributed by atoms with E-state index in [0.29, 0.717) is 18.5 Å². The molecular weight excluding hydrogens is 308 g/mol. The van der Waals surface area contributed by atoms with Crippen LogP contribution in [0.4, 0.5) is 0 Å². The lowest BCUT2D eigenvalue weighted by Gasteiger charge is -2.01. The molecule has 8 nitrogen and oxygen atoms in total. The normalized spacial score (nSPS) is 11.6. The second kappa shape index (κ2) is 6.86. The van der Waals surface area contributed by atoms with Gasteiger partial charge in [-0.25, -0.2) is 0 Å². The quantitative estimate of drug-likeness (QED) is 0.406. The minimum atomic E-state index is -0.322. The third kappa shape index (κ3) is 3.37. The number of aromatic nitrogens is 6. The Morgan fingerprint density at radius 3 is 2.79 bits per heavy atom. The highest BCUT2D eigenvalue weighted by Gasteiger charge is 2.14. The Labute approximate surface area is 137 Å². The first kappa shape index (κ1) is 15.6. The Hall–Kier alpha value is -3.29. The number of aliphatic hydroxyl groups excluding tert-OH is 1. The number of carbonyl (C=O) groups excluding carboxylic acids is 1. The molecule has 0 aliphatic rings. The molecule has 3 aromatic heterocycles. The molecule has 0 unspecified atom stereocenters. The Bertz CT molecular complexity index is 852. The zero-order chi connectivity index (χ0) is 16.9. The zero-order valence-electron chi connectivity index (χ0n) is 13.0. The summed E-state index contributed by atoms with van der Waals surface area (Å²) in [4.78, 5) is 16.4. The summed E-state index contributed by atoms with van der Waals surface area (Å²) < 4.78 is 1.95. The minimum Gasteiger partial charge on any atom is -0.504 e. The molecule has 0 saturated carbocycles. The number of rotatable bonds is 6. The van der Waals surface area contributed by atoms with Crippen LogP contribution in [0.15, 0.2) is 43.0 Å². The Morgan fingerprint density at radius 2 is 2.12 bits per heavy atom. The summed E-state index contributed by atoms with van der Waals surface area (Å²) in [6, 6.07) is 3.85. The van der Waals surface area contributed by atoms with Crippen molar-refractivity contribution in [1.82, 2.24) is 30.2 Å². The number of allylic oxidation sites excluding steroid dienone is 1. The van der Waals surface area contributed by atoms with Crippen molar-refractivity contribution in [3.05, 3.63) is 65.5 Å². The van der Waals surface area contributed by atoms with E-state index in [1.54, 1.807) is 18.6 Å². The predicted molar refractivity (Wildman–Crippen MR) is 86.3 cm³/mol. The van der Waals surface area contributed by atoms with Gasteiger partial charge in [0.25, 0.3) is 0 Å². The van der Waals surface area contributed by atoms with Gasteiger partial charge in [0.15, 0.2) is 11.5 Å². The first-order chi connectivity index (χ1) is 11.7. The molecular formula is C16H16N6O2. The molecule has 0 amide bonds. The molecule has 122 valence electrons. The lowest BCUT2D eigenvalue weighted by Crippen LogP contribution is -2.00. The standard InChI is InChI=1S/C16H16N6O2/c1-2-12-9-22(8-11-3-5-17-6-4-11)10-13(12)14(23)7-15(24)16-18-20-21-19-16/h3-7,9-10,24H,2,8H2,1H3,(H,18,19,20,21). The predicted octanol–water partition coefficient (Wildman–Crippen LogP) is 1.79. The molecule has 0 saturated heterocycles. The van der Waals surface area contributed by atoms with Gasteiger partial charge in [0.2, 0.25) is 5.82 Å². The van der Waals surface area contributed by atoms with Crippen molar-refractivity contribution >= 4 is 11.5 Å². The van der Waals surface area contributed by atoms with Gasteiger partial charge in [-0.05, 0) is 34.9 Å². The maximum absolute atomic E-state index is 12.4. The van der Waals surface area contributed by atoms with Crippen LogP contribution in [0.25, 0.3) is 5.76 Å². The van der Waals surface area contributed by atoms with Gasteiger partial charge in [-0.15, -0.1) is 10.2 Å². The van der Waals surface area contributed by atoms with E-state index < -0.39 is 0 Å². The molecule has 0 radical (unpaired) electrons. The fraction of sp³-hybridized carbons (Fsp3) is 0.188. The second-order valence-corrected chi connectivity index (χ2v) is 5.21. The summed E-state index contributed by atoms with van der Waals surface area (Å²) in [6.45, 7) is 2.62. The number of hydrogen-bond donors (Lipinski definition) is 2. The van der Waals surface area contributed by atoms with Gasteiger partial charge in [0, 0.05) is 43.0 Å². The number of hydrogen-bond acceptors (Lipinski definition) is 6. The van der Waals surface area contributed by atoms with Gasteiger partial charge in [-0.1, -0.05) is 6.92 Å². The fourth-order valence-electron chi connectivity index (χ4n) is 2.39. The van der Waals surface area contributed by atoms with Crippen LogP contribution < -0.4 is 0 Å². The molecule has 8 heteroatoms. The van der Waals surface area contributed by atoms with Crippen molar-refractivity contribution in [2.75, 3.05) is 0 Å². The highest BCUT2D eigenvalue weighted by Crippen LogP contribution is 2.16. The molecule has 0 bridgehead atoms. The number of tetrazole rings is 1. The molecule has 24 heavy (non-hydrogen) atoms. The summed E-state index contributed by atoms with van der Waals surface area (Å²) in [5.41, 5.74) is 2.54. The molecule has 0 aliphatic carbocycles. The SMILES string of the molecule is CCc1cn(Cc2ccncc2)cc1C(=O)C=C(O)c1nn[nH]n1. The number of nitrogens with zero attached hydrogens (tertiary/aromatic N) is 5. The van der Waals surface area contributed by atoms with Crippen molar-refractivity contribution in [3.63, 3.8) is 0 Å². The number of carbonyl (C=O) groups is 1. The van der Waals surface area contributed by atoms with Gasteiger partial charge in [0.05, 0.1) is 0 Å². The van der Waals surface area contributed by atoms with E-state index in [-0.39, 0.29) is 17.4 Å². The van der Waals surface area contributed by atoms with Crippen LogP contribution in [-0.2, 0) is 13.0 Å².